The van der Waals surface area contributed by atoms with E-state index in [2.05, 4.69) is 0 Å². The number of amides is 1. The topological polar surface area (TPSA) is 104 Å². The number of para-hydroxylation sites is 1. The van der Waals surface area contributed by atoms with Gasteiger partial charge in [-0.3, -0.25) is 9.59 Å². The molecule has 1 unspecified atom stereocenters. The van der Waals surface area contributed by atoms with Crippen molar-refractivity contribution in [1.29, 1.82) is 0 Å². The van der Waals surface area contributed by atoms with E-state index in [1.807, 2.05) is 19.1 Å². The standard InChI is InChI=1S/C27H24ClN3O5/c1-4-30-15(2)13-20-21(24(30)32)27(22(23(29)36-20)25(33)35-3)18-7-5-6-8-19(18)31(26(27)34)14-16-9-11-17(28)12-10-16/h5-13H,4,14,29H2,1-3H3. The predicted octanol–water partition coefficient (Wildman–Crippen LogP) is 3.40. The second kappa shape index (κ2) is 8.57. The van der Waals surface area contributed by atoms with E-state index in [1.165, 1.54) is 11.7 Å². The van der Waals surface area contributed by atoms with Crippen LogP contribution in [0.3, 0.4) is 0 Å². The number of aryl methyl sites for hydroxylation is 1. The van der Waals surface area contributed by atoms with Crippen LogP contribution in [0, 0.1) is 6.92 Å². The minimum absolute atomic E-state index is 0.0422. The smallest absolute Gasteiger partial charge is 0.340 e. The number of ether oxygens (including phenoxy) is 2. The third-order valence-corrected chi connectivity index (χ3v) is 7.06. The lowest BCUT2D eigenvalue weighted by molar-refractivity contribution is -0.138. The van der Waals surface area contributed by atoms with Gasteiger partial charge in [0.05, 0.1) is 19.2 Å². The summed E-state index contributed by atoms with van der Waals surface area (Å²) in [4.78, 5) is 43.3. The average Bonchev–Trinajstić information content (AvgIpc) is 3.08. The Morgan fingerprint density at radius 1 is 1.14 bits per heavy atom. The fourth-order valence-electron chi connectivity index (χ4n) is 5.26. The third kappa shape index (κ3) is 3.18. The molecule has 2 aliphatic rings. The highest BCUT2D eigenvalue weighted by atomic mass is 35.5. The van der Waals surface area contributed by atoms with Gasteiger partial charge in [-0.15, -0.1) is 0 Å². The first-order valence-corrected chi connectivity index (χ1v) is 11.8. The van der Waals surface area contributed by atoms with Crippen molar-refractivity contribution in [3.63, 3.8) is 0 Å². The molecule has 1 aromatic heterocycles. The second-order valence-corrected chi connectivity index (χ2v) is 9.13. The highest BCUT2D eigenvalue weighted by molar-refractivity contribution is 6.30. The largest absolute Gasteiger partial charge is 0.465 e. The van der Waals surface area contributed by atoms with Crippen molar-refractivity contribution in [2.45, 2.75) is 32.4 Å². The van der Waals surface area contributed by atoms with Crippen LogP contribution in [0.5, 0.6) is 5.75 Å². The number of hydrogen-bond donors (Lipinski definition) is 1. The summed E-state index contributed by atoms with van der Waals surface area (Å²) in [6, 6.07) is 15.9. The van der Waals surface area contributed by atoms with Crippen molar-refractivity contribution >= 4 is 29.2 Å². The van der Waals surface area contributed by atoms with Gasteiger partial charge in [0.15, 0.2) is 0 Å². The van der Waals surface area contributed by atoms with E-state index in [-0.39, 0.29) is 29.3 Å². The number of benzene rings is 2. The molecular weight excluding hydrogens is 482 g/mol. The predicted molar refractivity (Wildman–Crippen MR) is 135 cm³/mol. The van der Waals surface area contributed by atoms with Gasteiger partial charge in [0.1, 0.15) is 16.7 Å². The first kappa shape index (κ1) is 23.7. The molecule has 0 saturated heterocycles. The van der Waals surface area contributed by atoms with Gasteiger partial charge in [0.25, 0.3) is 5.56 Å². The zero-order valence-corrected chi connectivity index (χ0v) is 20.8. The Labute approximate surface area is 212 Å². The Kier molecular flexibility index (Phi) is 5.64. The molecule has 0 saturated carbocycles. The first-order valence-electron chi connectivity index (χ1n) is 11.4. The van der Waals surface area contributed by atoms with Crippen molar-refractivity contribution in [3.8, 4) is 5.75 Å². The SMILES string of the molecule is CCn1c(C)cc2c(c1=O)C1(C(=O)N(Cc3ccc(Cl)cc3)c3ccccc31)C(C(=O)OC)=C(N)O2. The molecule has 8 nitrogen and oxygen atoms in total. The van der Waals surface area contributed by atoms with E-state index in [0.717, 1.165) is 5.56 Å². The van der Waals surface area contributed by atoms with Crippen LogP contribution >= 0.6 is 11.6 Å². The van der Waals surface area contributed by atoms with E-state index in [0.29, 0.717) is 28.5 Å². The monoisotopic (exact) mass is 505 g/mol. The molecule has 184 valence electrons. The van der Waals surface area contributed by atoms with Gasteiger partial charge in [0, 0.05) is 34.6 Å². The lowest BCUT2D eigenvalue weighted by Crippen LogP contribution is -2.52. The van der Waals surface area contributed by atoms with Crippen molar-refractivity contribution in [2.24, 2.45) is 5.73 Å². The molecule has 3 aromatic rings. The lowest BCUT2D eigenvalue weighted by atomic mass is 9.68. The van der Waals surface area contributed by atoms with Gasteiger partial charge < -0.3 is 24.7 Å². The Hall–Kier alpha value is -4.04. The maximum absolute atomic E-state index is 14.6. The molecule has 2 aliphatic heterocycles. The van der Waals surface area contributed by atoms with E-state index in [4.69, 9.17) is 26.8 Å². The summed E-state index contributed by atoms with van der Waals surface area (Å²) in [5, 5.41) is 0.570. The number of methoxy groups -OCH3 is 1. The molecular formula is C27H24ClN3O5. The Morgan fingerprint density at radius 2 is 1.83 bits per heavy atom. The normalized spacial score (nSPS) is 18.2. The summed E-state index contributed by atoms with van der Waals surface area (Å²) in [6.45, 7) is 4.16. The molecule has 1 spiro atoms. The fourth-order valence-corrected chi connectivity index (χ4v) is 5.39. The molecule has 0 bridgehead atoms. The number of carbonyl (C=O) groups is 2. The number of carbonyl (C=O) groups excluding carboxylic acids is 2. The van der Waals surface area contributed by atoms with Crippen molar-refractivity contribution in [3.05, 3.63) is 104 Å². The van der Waals surface area contributed by atoms with Gasteiger partial charge in [-0.2, -0.15) is 0 Å². The lowest BCUT2D eigenvalue weighted by Gasteiger charge is -2.36. The number of anilines is 1. The molecule has 0 aliphatic carbocycles. The quantitative estimate of drug-likeness (QED) is 0.545. The molecule has 0 radical (unpaired) electrons. The van der Waals surface area contributed by atoms with E-state index in [9.17, 15) is 14.4 Å². The molecule has 36 heavy (non-hydrogen) atoms. The van der Waals surface area contributed by atoms with E-state index >= 15 is 0 Å². The second-order valence-electron chi connectivity index (χ2n) is 8.69. The summed E-state index contributed by atoms with van der Waals surface area (Å²) in [5.74, 6) is -1.48. The maximum Gasteiger partial charge on any atom is 0.340 e. The first-order chi connectivity index (χ1) is 17.2. The molecule has 0 fully saturated rings. The molecule has 2 N–H and O–H groups in total. The summed E-state index contributed by atoms with van der Waals surface area (Å²) >= 11 is 6.05. The Balaban J connectivity index is 1.86. The zero-order chi connectivity index (χ0) is 25.8. The number of esters is 1. The summed E-state index contributed by atoms with van der Waals surface area (Å²) < 4.78 is 12.4. The van der Waals surface area contributed by atoms with Crippen LogP contribution in [0.4, 0.5) is 5.69 Å². The van der Waals surface area contributed by atoms with Gasteiger partial charge in [-0.05, 0) is 37.6 Å². The number of hydrogen-bond acceptors (Lipinski definition) is 6. The van der Waals surface area contributed by atoms with Crippen LogP contribution in [0.25, 0.3) is 0 Å². The van der Waals surface area contributed by atoms with Crippen molar-refractivity contribution in [2.75, 3.05) is 12.0 Å². The molecule has 9 heteroatoms. The summed E-state index contributed by atoms with van der Waals surface area (Å²) in [5.41, 5.74) is 6.33. The van der Waals surface area contributed by atoms with Gasteiger partial charge in [-0.1, -0.05) is 41.9 Å². The molecule has 2 aromatic carbocycles. The maximum atomic E-state index is 14.6. The minimum Gasteiger partial charge on any atom is -0.465 e. The van der Waals surface area contributed by atoms with Gasteiger partial charge >= 0.3 is 5.97 Å². The van der Waals surface area contributed by atoms with Crippen LogP contribution in [-0.4, -0.2) is 23.6 Å². The van der Waals surface area contributed by atoms with Crippen LogP contribution in [0.2, 0.25) is 5.02 Å². The number of halogens is 1. The fraction of sp³-hybridized carbons (Fsp3) is 0.222. The van der Waals surface area contributed by atoms with Crippen molar-refractivity contribution in [1.82, 2.24) is 4.57 Å². The highest BCUT2D eigenvalue weighted by Gasteiger charge is 2.62. The van der Waals surface area contributed by atoms with Crippen LogP contribution in [0.15, 0.2) is 70.8 Å². The van der Waals surface area contributed by atoms with E-state index < -0.39 is 22.9 Å². The van der Waals surface area contributed by atoms with Crippen LogP contribution in [0.1, 0.15) is 29.3 Å². The minimum atomic E-state index is -1.84. The number of aromatic nitrogens is 1. The summed E-state index contributed by atoms with van der Waals surface area (Å²) in [6.07, 6.45) is 0. The number of fused-ring (bicyclic) bond motifs is 4. The highest BCUT2D eigenvalue weighted by Crippen LogP contribution is 2.54. The summed E-state index contributed by atoms with van der Waals surface area (Å²) in [7, 11) is 1.20. The molecule has 1 atom stereocenters. The number of nitrogens with two attached hydrogens (primary N) is 1. The number of nitrogens with zero attached hydrogens (tertiary/aromatic N) is 2. The molecule has 3 heterocycles. The third-order valence-electron chi connectivity index (χ3n) is 6.81. The Morgan fingerprint density at radius 3 is 2.50 bits per heavy atom. The van der Waals surface area contributed by atoms with Gasteiger partial charge in [-0.25, -0.2) is 4.79 Å². The molecule has 5 rings (SSSR count). The zero-order valence-electron chi connectivity index (χ0n) is 20.0. The van der Waals surface area contributed by atoms with Crippen LogP contribution < -0.4 is 20.9 Å². The average molecular weight is 506 g/mol. The molecule has 1 amide bonds. The van der Waals surface area contributed by atoms with Gasteiger partial charge in [0.2, 0.25) is 11.8 Å². The van der Waals surface area contributed by atoms with Crippen molar-refractivity contribution < 1.29 is 19.1 Å². The van der Waals surface area contributed by atoms with Crippen LogP contribution in [-0.2, 0) is 32.8 Å². The Bertz CT molecular complexity index is 1510. The number of rotatable bonds is 4. The van der Waals surface area contributed by atoms with E-state index in [1.54, 1.807) is 54.3 Å². The number of pyridine rings is 1.